The van der Waals surface area contributed by atoms with Crippen molar-refractivity contribution in [2.45, 2.75) is 26.4 Å². The molecule has 0 spiro atoms. The van der Waals surface area contributed by atoms with E-state index in [9.17, 15) is 4.79 Å². The van der Waals surface area contributed by atoms with Crippen molar-refractivity contribution in [3.63, 3.8) is 0 Å². The summed E-state index contributed by atoms with van der Waals surface area (Å²) in [5.41, 5.74) is 3.78. The molecule has 5 heteroatoms. The number of rotatable bonds is 2. The van der Waals surface area contributed by atoms with Crippen molar-refractivity contribution in [1.29, 1.82) is 0 Å². The van der Waals surface area contributed by atoms with Crippen LogP contribution in [0.25, 0.3) is 33.3 Å². The van der Waals surface area contributed by atoms with E-state index in [4.69, 9.17) is 14.2 Å². The Morgan fingerprint density at radius 2 is 1.65 bits per heavy atom. The molecule has 2 heterocycles. The van der Waals surface area contributed by atoms with Crippen LogP contribution >= 0.6 is 0 Å². The molecule has 0 atom stereocenters. The SMILES string of the molecule is CC(C)(C)OC(=O)n1c(-c2ccccc2)cc2cccc(-c3ccc4c(c3)OCO4)c21. The Balaban J connectivity index is 1.77. The van der Waals surface area contributed by atoms with Crippen LogP contribution in [0.3, 0.4) is 0 Å². The third kappa shape index (κ3) is 3.52. The summed E-state index contributed by atoms with van der Waals surface area (Å²) in [6.07, 6.45) is -0.408. The first kappa shape index (κ1) is 19.2. The lowest BCUT2D eigenvalue weighted by atomic mass is 10.0. The first-order valence-electron chi connectivity index (χ1n) is 10.2. The van der Waals surface area contributed by atoms with Gasteiger partial charge < -0.3 is 14.2 Å². The Labute approximate surface area is 180 Å². The third-order valence-corrected chi connectivity index (χ3v) is 5.15. The van der Waals surface area contributed by atoms with Crippen molar-refractivity contribution in [2.24, 2.45) is 0 Å². The largest absolute Gasteiger partial charge is 0.454 e. The maximum absolute atomic E-state index is 13.4. The van der Waals surface area contributed by atoms with Crippen LogP contribution in [-0.4, -0.2) is 23.1 Å². The van der Waals surface area contributed by atoms with Gasteiger partial charge in [-0.05, 0) is 50.1 Å². The zero-order valence-corrected chi connectivity index (χ0v) is 17.7. The highest BCUT2D eigenvalue weighted by molar-refractivity contribution is 6.04. The molecular weight excluding hydrogens is 390 g/mol. The van der Waals surface area contributed by atoms with E-state index in [0.29, 0.717) is 5.75 Å². The van der Waals surface area contributed by atoms with Gasteiger partial charge in [0.15, 0.2) is 11.5 Å². The predicted molar refractivity (Wildman–Crippen MR) is 121 cm³/mol. The molecule has 0 bridgehead atoms. The minimum atomic E-state index is -0.616. The Hall–Kier alpha value is -3.73. The number of carbonyl (C=O) groups excluding carboxylic acids is 1. The van der Waals surface area contributed by atoms with E-state index in [2.05, 4.69) is 0 Å². The highest BCUT2D eigenvalue weighted by atomic mass is 16.7. The second-order valence-electron chi connectivity index (χ2n) is 8.52. The minimum absolute atomic E-state index is 0.218. The molecule has 0 radical (unpaired) electrons. The van der Waals surface area contributed by atoms with Gasteiger partial charge in [0.05, 0.1) is 11.2 Å². The van der Waals surface area contributed by atoms with E-state index in [0.717, 1.165) is 39.0 Å². The smallest absolute Gasteiger partial charge is 0.419 e. The van der Waals surface area contributed by atoms with Crippen LogP contribution < -0.4 is 9.47 Å². The number of benzene rings is 3. The van der Waals surface area contributed by atoms with E-state index in [1.807, 2.05) is 93.6 Å². The Kier molecular flexibility index (Phi) is 4.47. The molecule has 3 aromatic carbocycles. The molecule has 0 fully saturated rings. The van der Waals surface area contributed by atoms with Crippen molar-refractivity contribution in [2.75, 3.05) is 6.79 Å². The van der Waals surface area contributed by atoms with Gasteiger partial charge in [0, 0.05) is 10.9 Å². The van der Waals surface area contributed by atoms with Gasteiger partial charge >= 0.3 is 6.09 Å². The van der Waals surface area contributed by atoms with Gasteiger partial charge in [0.25, 0.3) is 0 Å². The molecule has 0 N–H and O–H groups in total. The maximum Gasteiger partial charge on any atom is 0.419 e. The number of fused-ring (bicyclic) bond motifs is 2. The molecule has 1 aliphatic rings. The van der Waals surface area contributed by atoms with E-state index in [-0.39, 0.29) is 6.79 Å². The molecule has 0 saturated heterocycles. The molecule has 0 saturated carbocycles. The summed E-state index contributed by atoms with van der Waals surface area (Å²) < 4.78 is 18.5. The number of hydrogen-bond acceptors (Lipinski definition) is 4. The zero-order chi connectivity index (χ0) is 21.6. The molecule has 4 aromatic rings. The van der Waals surface area contributed by atoms with Crippen molar-refractivity contribution < 1.29 is 19.0 Å². The fraction of sp³-hybridized carbons (Fsp3) is 0.192. The number of hydrogen-bond donors (Lipinski definition) is 0. The lowest BCUT2D eigenvalue weighted by Crippen LogP contribution is -2.27. The second kappa shape index (κ2) is 7.20. The van der Waals surface area contributed by atoms with Gasteiger partial charge in [-0.15, -0.1) is 0 Å². The van der Waals surface area contributed by atoms with Crippen LogP contribution in [0.15, 0.2) is 72.8 Å². The monoisotopic (exact) mass is 413 g/mol. The van der Waals surface area contributed by atoms with Crippen molar-refractivity contribution in [1.82, 2.24) is 4.57 Å². The van der Waals surface area contributed by atoms with Crippen LogP contribution in [0, 0.1) is 0 Å². The molecule has 1 aromatic heterocycles. The highest BCUT2D eigenvalue weighted by Crippen LogP contribution is 2.40. The summed E-state index contributed by atoms with van der Waals surface area (Å²) in [5, 5.41) is 0.958. The molecule has 5 rings (SSSR count). The summed E-state index contributed by atoms with van der Waals surface area (Å²) in [6, 6.07) is 23.8. The van der Waals surface area contributed by atoms with Crippen LogP contribution in [0.4, 0.5) is 4.79 Å². The van der Waals surface area contributed by atoms with E-state index < -0.39 is 11.7 Å². The van der Waals surface area contributed by atoms with E-state index >= 15 is 0 Å². The minimum Gasteiger partial charge on any atom is -0.454 e. The maximum atomic E-state index is 13.4. The van der Waals surface area contributed by atoms with Gasteiger partial charge in [0.1, 0.15) is 5.60 Å². The summed E-state index contributed by atoms with van der Waals surface area (Å²) >= 11 is 0. The van der Waals surface area contributed by atoms with Crippen LogP contribution in [0.5, 0.6) is 11.5 Å². The first-order valence-corrected chi connectivity index (χ1v) is 10.2. The molecule has 31 heavy (non-hydrogen) atoms. The Morgan fingerprint density at radius 1 is 0.871 bits per heavy atom. The second-order valence-corrected chi connectivity index (χ2v) is 8.52. The molecule has 0 amide bonds. The molecule has 5 nitrogen and oxygen atoms in total. The molecule has 0 aliphatic carbocycles. The van der Waals surface area contributed by atoms with Crippen molar-refractivity contribution in [3.8, 4) is 33.9 Å². The summed E-state index contributed by atoms with van der Waals surface area (Å²) in [4.78, 5) is 13.4. The number of nitrogens with zero attached hydrogens (tertiary/aromatic N) is 1. The molecule has 1 aliphatic heterocycles. The van der Waals surface area contributed by atoms with Gasteiger partial charge in [0.2, 0.25) is 6.79 Å². The van der Waals surface area contributed by atoms with Crippen LogP contribution in [-0.2, 0) is 4.74 Å². The fourth-order valence-electron chi connectivity index (χ4n) is 3.88. The summed E-state index contributed by atoms with van der Waals surface area (Å²) in [5.74, 6) is 1.43. The van der Waals surface area contributed by atoms with Crippen molar-refractivity contribution in [3.05, 3.63) is 72.8 Å². The first-order chi connectivity index (χ1) is 14.9. The average Bonchev–Trinajstić information content (AvgIpc) is 3.37. The number of ether oxygens (including phenoxy) is 3. The summed E-state index contributed by atoms with van der Waals surface area (Å²) in [6.45, 7) is 5.84. The number of para-hydroxylation sites is 1. The van der Waals surface area contributed by atoms with Gasteiger partial charge in [-0.2, -0.15) is 0 Å². The van der Waals surface area contributed by atoms with Gasteiger partial charge in [-0.1, -0.05) is 54.6 Å². The number of carbonyl (C=O) groups is 1. The van der Waals surface area contributed by atoms with E-state index in [1.54, 1.807) is 4.57 Å². The van der Waals surface area contributed by atoms with Crippen LogP contribution in [0.1, 0.15) is 20.8 Å². The van der Waals surface area contributed by atoms with Crippen LogP contribution in [0.2, 0.25) is 0 Å². The lowest BCUT2D eigenvalue weighted by molar-refractivity contribution is 0.0547. The Bertz CT molecular complexity index is 1280. The molecule has 0 unspecified atom stereocenters. The van der Waals surface area contributed by atoms with Crippen molar-refractivity contribution >= 4 is 17.0 Å². The topological polar surface area (TPSA) is 49.7 Å². The summed E-state index contributed by atoms with van der Waals surface area (Å²) in [7, 11) is 0. The quantitative estimate of drug-likeness (QED) is 0.377. The van der Waals surface area contributed by atoms with Gasteiger partial charge in [-0.25, -0.2) is 9.36 Å². The normalized spacial score (nSPS) is 12.9. The zero-order valence-electron chi connectivity index (χ0n) is 17.7. The molecular formula is C26H23NO4. The lowest BCUT2D eigenvalue weighted by Gasteiger charge is -2.21. The van der Waals surface area contributed by atoms with Gasteiger partial charge in [-0.3, -0.25) is 0 Å². The predicted octanol–water partition coefficient (Wildman–Crippen LogP) is 6.49. The fourth-order valence-corrected chi connectivity index (χ4v) is 3.88. The van der Waals surface area contributed by atoms with E-state index in [1.165, 1.54) is 0 Å². The molecule has 156 valence electrons. The average molecular weight is 413 g/mol. The third-order valence-electron chi connectivity index (χ3n) is 5.15. The standard InChI is InChI=1S/C26H23NO4/c1-26(2,3)31-25(28)27-21(17-8-5-4-6-9-17)14-19-10-7-11-20(24(19)27)18-12-13-22-23(15-18)30-16-29-22/h4-15H,16H2,1-3H3. The number of aromatic nitrogens is 1. The highest BCUT2D eigenvalue weighted by Gasteiger charge is 2.25. The Morgan fingerprint density at radius 3 is 2.42 bits per heavy atom.